The first-order chi connectivity index (χ1) is 5.52. The Hall–Kier alpha value is -0.690. The lowest BCUT2D eigenvalue weighted by atomic mass is 10.0. The summed E-state index contributed by atoms with van der Waals surface area (Å²) in [4.78, 5) is 0. The number of alkyl halides is 3. The summed E-state index contributed by atoms with van der Waals surface area (Å²) < 4.78 is 36.7. The van der Waals surface area contributed by atoms with Gasteiger partial charge in [0.05, 0.1) is 12.0 Å². The third-order valence-corrected chi connectivity index (χ3v) is 2.11. The Morgan fingerprint density at radius 1 is 1.25 bits per heavy atom. The van der Waals surface area contributed by atoms with E-state index in [0.717, 1.165) is 0 Å². The molecule has 4 heteroatoms. The van der Waals surface area contributed by atoms with Gasteiger partial charge in [-0.1, -0.05) is 5.92 Å². The van der Waals surface area contributed by atoms with Gasteiger partial charge in [-0.2, -0.15) is 13.2 Å². The number of rotatable bonds is 1. The van der Waals surface area contributed by atoms with Crippen LogP contribution in [-0.4, -0.2) is 12.7 Å². The smallest absolute Gasteiger partial charge is 0.320 e. The summed E-state index contributed by atoms with van der Waals surface area (Å²) in [5.41, 5.74) is 3.54. The summed E-state index contributed by atoms with van der Waals surface area (Å²) >= 11 is 0. The summed E-state index contributed by atoms with van der Waals surface area (Å²) in [5.74, 6) is 4.89. The van der Waals surface area contributed by atoms with E-state index in [2.05, 4.69) is 11.8 Å². The predicted octanol–water partition coefficient (Wildman–Crippen LogP) is 1.68. The minimum Gasteiger partial charge on any atom is -0.320 e. The highest BCUT2D eigenvalue weighted by molar-refractivity contribution is 5.11. The summed E-state index contributed by atoms with van der Waals surface area (Å²) in [6.45, 7) is 0.133. The van der Waals surface area contributed by atoms with Crippen molar-refractivity contribution in [2.24, 2.45) is 11.1 Å². The highest BCUT2D eigenvalue weighted by Gasteiger charge is 2.62. The van der Waals surface area contributed by atoms with E-state index in [4.69, 9.17) is 5.73 Å². The van der Waals surface area contributed by atoms with Crippen LogP contribution in [0, 0.1) is 17.3 Å². The molecule has 0 aromatic rings. The molecule has 0 saturated heterocycles. The third-order valence-electron chi connectivity index (χ3n) is 2.11. The number of hydrogen-bond donors (Lipinski definition) is 1. The van der Waals surface area contributed by atoms with Crippen molar-refractivity contribution in [3.05, 3.63) is 0 Å². The van der Waals surface area contributed by atoms with Crippen LogP contribution in [0.3, 0.4) is 0 Å². The lowest BCUT2D eigenvalue weighted by Gasteiger charge is -2.15. The van der Waals surface area contributed by atoms with Gasteiger partial charge in [0.2, 0.25) is 0 Å². The Balaban J connectivity index is 2.51. The van der Waals surface area contributed by atoms with Gasteiger partial charge in [-0.25, -0.2) is 0 Å². The molecule has 0 atom stereocenters. The molecule has 0 bridgehead atoms. The first kappa shape index (κ1) is 9.40. The van der Waals surface area contributed by atoms with Crippen LogP contribution >= 0.6 is 0 Å². The van der Waals surface area contributed by atoms with Gasteiger partial charge in [0.15, 0.2) is 0 Å². The van der Waals surface area contributed by atoms with Crippen molar-refractivity contribution in [2.45, 2.75) is 25.4 Å². The van der Waals surface area contributed by atoms with Crippen LogP contribution in [-0.2, 0) is 0 Å². The van der Waals surface area contributed by atoms with E-state index in [9.17, 15) is 13.2 Å². The Kier molecular flexibility index (Phi) is 2.34. The van der Waals surface area contributed by atoms with Crippen molar-refractivity contribution in [2.75, 3.05) is 6.54 Å². The molecule has 2 N–H and O–H groups in total. The average Bonchev–Trinajstić information content (AvgIpc) is 2.67. The van der Waals surface area contributed by atoms with E-state index in [-0.39, 0.29) is 25.8 Å². The van der Waals surface area contributed by atoms with Crippen molar-refractivity contribution < 1.29 is 13.2 Å². The monoisotopic (exact) mass is 177 g/mol. The molecule has 0 spiro atoms. The molecule has 0 radical (unpaired) electrons. The van der Waals surface area contributed by atoms with Gasteiger partial charge >= 0.3 is 6.18 Å². The van der Waals surface area contributed by atoms with Crippen molar-refractivity contribution in [1.29, 1.82) is 0 Å². The highest BCUT2D eigenvalue weighted by Crippen LogP contribution is 2.59. The standard InChI is InChI=1S/C8H10F3N/c9-8(10,11)7(4-5-7)3-1-2-6-12/h3-6,12H2. The van der Waals surface area contributed by atoms with E-state index < -0.39 is 11.6 Å². The summed E-state index contributed by atoms with van der Waals surface area (Å²) in [6.07, 6.45) is -3.74. The summed E-state index contributed by atoms with van der Waals surface area (Å²) in [7, 11) is 0. The zero-order chi connectivity index (χ0) is 9.24. The maximum atomic E-state index is 12.2. The Labute approximate surface area is 69.1 Å². The zero-order valence-corrected chi connectivity index (χ0v) is 6.54. The lowest BCUT2D eigenvalue weighted by molar-refractivity contribution is -0.185. The fourth-order valence-corrected chi connectivity index (χ4v) is 1.02. The molecule has 0 aromatic carbocycles. The molecule has 1 rings (SSSR count). The number of nitrogens with two attached hydrogens (primary N) is 1. The third kappa shape index (κ3) is 1.72. The first-order valence-corrected chi connectivity index (χ1v) is 3.74. The quantitative estimate of drug-likeness (QED) is 0.606. The largest absolute Gasteiger partial charge is 0.395 e. The molecular formula is C8H10F3N. The summed E-state index contributed by atoms with van der Waals surface area (Å²) in [6, 6.07) is 0. The van der Waals surface area contributed by atoms with E-state index in [1.165, 1.54) is 0 Å². The molecule has 0 aromatic heterocycles. The summed E-state index contributed by atoms with van der Waals surface area (Å²) in [5, 5.41) is 0. The molecule has 0 aliphatic heterocycles. The molecule has 0 amide bonds. The van der Waals surface area contributed by atoms with Crippen LogP contribution in [0.15, 0.2) is 0 Å². The fraction of sp³-hybridized carbons (Fsp3) is 0.750. The van der Waals surface area contributed by atoms with Crippen LogP contribution in [0.1, 0.15) is 19.3 Å². The zero-order valence-electron chi connectivity index (χ0n) is 6.54. The molecule has 12 heavy (non-hydrogen) atoms. The van der Waals surface area contributed by atoms with Crippen LogP contribution in [0.4, 0.5) is 13.2 Å². The van der Waals surface area contributed by atoms with Crippen molar-refractivity contribution >= 4 is 0 Å². The van der Waals surface area contributed by atoms with Crippen LogP contribution in [0.5, 0.6) is 0 Å². The van der Waals surface area contributed by atoms with E-state index in [1.807, 2.05) is 0 Å². The Bertz CT molecular complexity index is 217. The molecule has 1 saturated carbocycles. The second-order valence-electron chi connectivity index (χ2n) is 3.01. The van der Waals surface area contributed by atoms with Crippen LogP contribution in [0.25, 0.3) is 0 Å². The molecule has 1 nitrogen and oxygen atoms in total. The topological polar surface area (TPSA) is 26.0 Å². The number of hydrogen-bond acceptors (Lipinski definition) is 1. The van der Waals surface area contributed by atoms with Gasteiger partial charge in [-0.3, -0.25) is 0 Å². The van der Waals surface area contributed by atoms with Gasteiger partial charge in [-0.05, 0) is 12.8 Å². The first-order valence-electron chi connectivity index (χ1n) is 3.74. The SMILES string of the molecule is NCC#CCC1(C(F)(F)F)CC1. The Morgan fingerprint density at radius 2 is 1.83 bits per heavy atom. The van der Waals surface area contributed by atoms with E-state index >= 15 is 0 Å². The molecule has 1 aliphatic rings. The molecule has 1 aliphatic carbocycles. The van der Waals surface area contributed by atoms with Gasteiger partial charge in [0.25, 0.3) is 0 Å². The highest BCUT2D eigenvalue weighted by atomic mass is 19.4. The van der Waals surface area contributed by atoms with E-state index in [0.29, 0.717) is 0 Å². The van der Waals surface area contributed by atoms with E-state index in [1.54, 1.807) is 0 Å². The maximum absolute atomic E-state index is 12.2. The second kappa shape index (κ2) is 2.98. The predicted molar refractivity (Wildman–Crippen MR) is 39.2 cm³/mol. The van der Waals surface area contributed by atoms with Gasteiger partial charge in [0.1, 0.15) is 0 Å². The fourth-order valence-electron chi connectivity index (χ4n) is 1.02. The normalized spacial score (nSPS) is 19.7. The minimum atomic E-state index is -4.09. The van der Waals surface area contributed by atoms with Crippen LogP contribution < -0.4 is 5.73 Å². The van der Waals surface area contributed by atoms with Crippen molar-refractivity contribution in [3.63, 3.8) is 0 Å². The average molecular weight is 177 g/mol. The lowest BCUT2D eigenvalue weighted by Crippen LogP contribution is -2.23. The molecule has 0 unspecified atom stereocenters. The molecule has 68 valence electrons. The minimum absolute atomic E-state index is 0.0896. The second-order valence-corrected chi connectivity index (χ2v) is 3.01. The van der Waals surface area contributed by atoms with Crippen molar-refractivity contribution in [3.8, 4) is 11.8 Å². The maximum Gasteiger partial charge on any atom is 0.395 e. The molecular weight excluding hydrogens is 167 g/mol. The molecule has 1 fully saturated rings. The van der Waals surface area contributed by atoms with Gasteiger partial charge in [-0.15, -0.1) is 5.92 Å². The number of halogens is 3. The van der Waals surface area contributed by atoms with Crippen molar-refractivity contribution in [1.82, 2.24) is 0 Å². The van der Waals surface area contributed by atoms with Gasteiger partial charge < -0.3 is 5.73 Å². The molecule has 0 heterocycles. The Morgan fingerprint density at radius 3 is 2.17 bits per heavy atom. The van der Waals surface area contributed by atoms with Crippen LogP contribution in [0.2, 0.25) is 0 Å². The van der Waals surface area contributed by atoms with Gasteiger partial charge in [0, 0.05) is 6.42 Å².